The summed E-state index contributed by atoms with van der Waals surface area (Å²) in [5, 5.41) is 6.39. The molecule has 3 aromatic carbocycles. The number of anilines is 2. The summed E-state index contributed by atoms with van der Waals surface area (Å²) in [5.74, 6) is 1.11. The highest BCUT2D eigenvalue weighted by atomic mass is 35.5. The van der Waals surface area contributed by atoms with Gasteiger partial charge in [-0.1, -0.05) is 29.8 Å². The maximum Gasteiger partial charge on any atom is 0.255 e. The van der Waals surface area contributed by atoms with E-state index in [0.717, 1.165) is 0 Å². The molecule has 0 aliphatic rings. The number of carbonyl (C=O) groups excluding carboxylic acids is 2. The summed E-state index contributed by atoms with van der Waals surface area (Å²) in [4.78, 5) is 25.3. The van der Waals surface area contributed by atoms with Gasteiger partial charge in [-0.05, 0) is 56.7 Å². The number of rotatable bonds is 12. The van der Waals surface area contributed by atoms with E-state index in [2.05, 4.69) is 10.6 Å². The smallest absolute Gasteiger partial charge is 0.255 e. The van der Waals surface area contributed by atoms with Gasteiger partial charge in [-0.3, -0.25) is 9.59 Å². The van der Waals surface area contributed by atoms with Crippen molar-refractivity contribution in [2.24, 2.45) is 0 Å². The highest BCUT2D eigenvalue weighted by Gasteiger charge is 2.17. The van der Waals surface area contributed by atoms with Crippen molar-refractivity contribution >= 4 is 34.8 Å². The lowest BCUT2D eigenvalue weighted by Gasteiger charge is -2.18. The minimum atomic E-state index is -0.272. The molecule has 0 fully saturated rings. The number of benzene rings is 3. The fourth-order valence-electron chi connectivity index (χ4n) is 3.26. The van der Waals surface area contributed by atoms with Gasteiger partial charge in [0.2, 0.25) is 5.91 Å². The van der Waals surface area contributed by atoms with E-state index in [9.17, 15) is 9.59 Å². The normalized spacial score (nSPS) is 10.4. The van der Waals surface area contributed by atoms with Crippen molar-refractivity contribution in [3.05, 3.63) is 77.3 Å². The van der Waals surface area contributed by atoms with Gasteiger partial charge in [0, 0.05) is 29.1 Å². The summed E-state index contributed by atoms with van der Waals surface area (Å²) in [6.45, 7) is 4.86. The van der Waals surface area contributed by atoms with Crippen molar-refractivity contribution in [1.82, 2.24) is 0 Å². The van der Waals surface area contributed by atoms with E-state index in [-0.39, 0.29) is 18.2 Å². The highest BCUT2D eigenvalue weighted by Crippen LogP contribution is 2.37. The first-order chi connectivity index (χ1) is 17.0. The molecule has 0 saturated heterocycles. The van der Waals surface area contributed by atoms with E-state index >= 15 is 0 Å². The first kappa shape index (κ1) is 25.9. The SMILES string of the molecule is CCOc1cc(NC(=O)c2ccccc2)c(OCC)cc1NC(=O)CCCOc1ccc(Cl)cc1. The quantitative estimate of drug-likeness (QED) is 0.292. The van der Waals surface area contributed by atoms with Crippen LogP contribution in [0.1, 0.15) is 37.0 Å². The molecule has 3 rings (SSSR count). The van der Waals surface area contributed by atoms with E-state index in [4.69, 9.17) is 25.8 Å². The van der Waals surface area contributed by atoms with Crippen LogP contribution >= 0.6 is 11.6 Å². The molecule has 184 valence electrons. The molecule has 2 amide bonds. The number of amides is 2. The first-order valence-electron chi connectivity index (χ1n) is 11.5. The molecule has 8 heteroatoms. The van der Waals surface area contributed by atoms with E-state index in [0.29, 0.717) is 65.5 Å². The van der Waals surface area contributed by atoms with Gasteiger partial charge >= 0.3 is 0 Å². The fourth-order valence-corrected chi connectivity index (χ4v) is 3.38. The zero-order valence-electron chi connectivity index (χ0n) is 19.8. The molecule has 7 nitrogen and oxygen atoms in total. The standard InChI is InChI=1S/C27H29ClN2O5/c1-3-33-24-18-23(30-27(32)19-9-6-5-7-10-19)25(34-4-2)17-22(24)29-26(31)11-8-16-35-21-14-12-20(28)13-15-21/h5-7,9-10,12-15,17-18H,3-4,8,11,16H2,1-2H3,(H,29,31)(H,30,32). The molecule has 0 unspecified atom stereocenters. The van der Waals surface area contributed by atoms with E-state index in [1.54, 1.807) is 60.7 Å². The van der Waals surface area contributed by atoms with Crippen molar-refractivity contribution < 1.29 is 23.8 Å². The Balaban J connectivity index is 1.66. The van der Waals surface area contributed by atoms with Crippen LogP contribution in [0.25, 0.3) is 0 Å². The molecule has 0 heterocycles. The summed E-state index contributed by atoms with van der Waals surface area (Å²) in [5.41, 5.74) is 1.45. The zero-order chi connectivity index (χ0) is 25.0. The fraction of sp³-hybridized carbons (Fsp3) is 0.259. The Kier molecular flexibility index (Phi) is 9.80. The lowest BCUT2D eigenvalue weighted by Crippen LogP contribution is -2.16. The predicted molar refractivity (Wildman–Crippen MR) is 138 cm³/mol. The van der Waals surface area contributed by atoms with E-state index in [1.165, 1.54) is 0 Å². The largest absolute Gasteiger partial charge is 0.494 e. The number of carbonyl (C=O) groups is 2. The van der Waals surface area contributed by atoms with E-state index < -0.39 is 0 Å². The van der Waals surface area contributed by atoms with Crippen LogP contribution in [0.15, 0.2) is 66.7 Å². The number of nitrogens with one attached hydrogen (secondary N) is 2. The molecule has 35 heavy (non-hydrogen) atoms. The van der Waals surface area contributed by atoms with Crippen LogP contribution in [-0.4, -0.2) is 31.6 Å². The molecule has 0 saturated carbocycles. The molecule has 0 atom stereocenters. The first-order valence-corrected chi connectivity index (χ1v) is 11.9. The van der Waals surface area contributed by atoms with Crippen molar-refractivity contribution in [2.75, 3.05) is 30.5 Å². The van der Waals surface area contributed by atoms with Crippen molar-refractivity contribution in [2.45, 2.75) is 26.7 Å². The van der Waals surface area contributed by atoms with Crippen molar-refractivity contribution in [1.29, 1.82) is 0 Å². The molecule has 2 N–H and O–H groups in total. The molecule has 0 aliphatic carbocycles. The van der Waals surface area contributed by atoms with E-state index in [1.807, 2.05) is 19.9 Å². The summed E-state index contributed by atoms with van der Waals surface area (Å²) < 4.78 is 17.1. The number of halogens is 1. The lowest BCUT2D eigenvalue weighted by molar-refractivity contribution is -0.116. The van der Waals surface area contributed by atoms with Crippen LogP contribution in [0, 0.1) is 0 Å². The van der Waals surface area contributed by atoms with Gasteiger partial charge < -0.3 is 24.8 Å². The average molecular weight is 497 g/mol. The minimum Gasteiger partial charge on any atom is -0.494 e. The topological polar surface area (TPSA) is 85.9 Å². The third-order valence-corrected chi connectivity index (χ3v) is 5.12. The third-order valence-electron chi connectivity index (χ3n) is 4.87. The Hall–Kier alpha value is -3.71. The van der Waals surface area contributed by atoms with Crippen LogP contribution in [0.5, 0.6) is 17.2 Å². The molecular weight excluding hydrogens is 468 g/mol. The van der Waals surface area contributed by atoms with Crippen molar-refractivity contribution in [3.8, 4) is 17.2 Å². The van der Waals surface area contributed by atoms with Gasteiger partial charge in [-0.15, -0.1) is 0 Å². The summed E-state index contributed by atoms with van der Waals surface area (Å²) in [6, 6.07) is 19.3. The second-order valence-corrected chi connectivity index (χ2v) is 7.92. The second kappa shape index (κ2) is 13.2. The predicted octanol–water partition coefficient (Wildman–Crippen LogP) is 6.19. The van der Waals surface area contributed by atoms with Gasteiger partial charge in [-0.25, -0.2) is 0 Å². The number of hydrogen-bond acceptors (Lipinski definition) is 5. The molecular formula is C27H29ClN2O5. The average Bonchev–Trinajstić information content (AvgIpc) is 2.86. The molecule has 0 spiro atoms. The Labute approximate surface area is 210 Å². The highest BCUT2D eigenvalue weighted by molar-refractivity contribution is 6.30. The Morgan fingerprint density at radius 3 is 2.00 bits per heavy atom. The van der Waals surface area contributed by atoms with Gasteiger partial charge in [0.25, 0.3) is 5.91 Å². The van der Waals surface area contributed by atoms with Crippen LogP contribution in [0.2, 0.25) is 5.02 Å². The molecule has 0 aromatic heterocycles. The lowest BCUT2D eigenvalue weighted by atomic mass is 10.2. The maximum atomic E-state index is 12.7. The zero-order valence-corrected chi connectivity index (χ0v) is 20.6. The second-order valence-electron chi connectivity index (χ2n) is 7.48. The molecule has 0 bridgehead atoms. The Bertz CT molecular complexity index is 1120. The summed E-state index contributed by atoms with van der Waals surface area (Å²) >= 11 is 5.87. The maximum absolute atomic E-state index is 12.7. The van der Waals surface area contributed by atoms with Gasteiger partial charge in [0.15, 0.2) is 0 Å². The van der Waals surface area contributed by atoms with Crippen LogP contribution in [-0.2, 0) is 4.79 Å². The monoisotopic (exact) mass is 496 g/mol. The summed E-state index contributed by atoms with van der Waals surface area (Å²) in [6.07, 6.45) is 0.789. The van der Waals surface area contributed by atoms with Gasteiger partial charge in [-0.2, -0.15) is 0 Å². The third kappa shape index (κ3) is 7.93. The van der Waals surface area contributed by atoms with Crippen molar-refractivity contribution in [3.63, 3.8) is 0 Å². The van der Waals surface area contributed by atoms with Crippen LogP contribution < -0.4 is 24.8 Å². The molecule has 0 radical (unpaired) electrons. The number of hydrogen-bond donors (Lipinski definition) is 2. The van der Waals surface area contributed by atoms with Crippen LogP contribution in [0.4, 0.5) is 11.4 Å². The number of ether oxygens (including phenoxy) is 3. The van der Waals surface area contributed by atoms with Gasteiger partial charge in [0.1, 0.15) is 17.2 Å². The van der Waals surface area contributed by atoms with Gasteiger partial charge in [0.05, 0.1) is 31.2 Å². The summed E-state index contributed by atoms with van der Waals surface area (Å²) in [7, 11) is 0. The Morgan fingerprint density at radius 2 is 1.40 bits per heavy atom. The minimum absolute atomic E-state index is 0.186. The van der Waals surface area contributed by atoms with Crippen LogP contribution in [0.3, 0.4) is 0 Å². The molecule has 3 aromatic rings. The molecule has 0 aliphatic heterocycles. The Morgan fingerprint density at radius 1 is 0.800 bits per heavy atom.